The van der Waals surface area contributed by atoms with E-state index in [1.54, 1.807) is 0 Å². The minimum atomic E-state index is 0.507. The van der Waals surface area contributed by atoms with Gasteiger partial charge >= 0.3 is 0 Å². The number of benzene rings is 1. The number of ether oxygens (including phenoxy) is 2. The molecule has 182 valence electrons. The highest BCUT2D eigenvalue weighted by Crippen LogP contribution is 2.23. The summed E-state index contributed by atoms with van der Waals surface area (Å²) in [6, 6.07) is 10.8. The summed E-state index contributed by atoms with van der Waals surface area (Å²) in [6.45, 7) is 9.03. The van der Waals surface area contributed by atoms with Crippen molar-refractivity contribution in [2.75, 3.05) is 85.7 Å². The predicted molar refractivity (Wildman–Crippen MR) is 139 cm³/mol. The second-order valence-corrected chi connectivity index (χ2v) is 9.18. The Morgan fingerprint density at radius 2 is 1.35 bits per heavy atom. The maximum absolute atomic E-state index is 5.57. The first-order valence-electron chi connectivity index (χ1n) is 12.2. The fraction of sp³-hybridized carbons (Fsp3) is 0.542. The third kappa shape index (κ3) is 5.86. The van der Waals surface area contributed by atoms with Crippen molar-refractivity contribution >= 4 is 40.6 Å². The smallest absolute Gasteiger partial charge is 0.232 e. The number of aromatic nitrogens is 2. The van der Waals surface area contributed by atoms with Crippen LogP contribution in [-0.2, 0) is 16.0 Å². The van der Waals surface area contributed by atoms with Crippen LogP contribution < -0.4 is 25.3 Å². The molecule has 0 aliphatic carbocycles. The summed E-state index contributed by atoms with van der Waals surface area (Å²) in [5, 5.41) is 7.01. The number of thiocarbonyl (C=S) groups is 1. The topological polar surface area (TPSA) is 78.0 Å². The molecule has 0 bridgehead atoms. The third-order valence-corrected chi connectivity index (χ3v) is 6.70. The molecule has 0 amide bonds. The Labute approximate surface area is 206 Å². The van der Waals surface area contributed by atoms with Gasteiger partial charge in [0.2, 0.25) is 5.95 Å². The summed E-state index contributed by atoms with van der Waals surface area (Å²) in [5.41, 5.74) is 2.48. The molecule has 0 saturated carbocycles. The number of nitrogens with zero attached hydrogens (tertiary/aromatic N) is 5. The van der Waals surface area contributed by atoms with E-state index in [2.05, 4.69) is 55.7 Å². The molecule has 5 rings (SSSR count). The lowest BCUT2D eigenvalue weighted by molar-refractivity contribution is 0.122. The number of anilines is 4. The molecule has 0 atom stereocenters. The van der Waals surface area contributed by atoms with Gasteiger partial charge in [-0.2, -0.15) is 9.97 Å². The molecule has 3 saturated heterocycles. The molecule has 0 unspecified atom stereocenters. The first-order chi connectivity index (χ1) is 16.7. The molecule has 9 nitrogen and oxygen atoms in total. The van der Waals surface area contributed by atoms with Gasteiger partial charge in [0.1, 0.15) is 11.6 Å². The average Bonchev–Trinajstić information content (AvgIpc) is 3.44. The van der Waals surface area contributed by atoms with Gasteiger partial charge in [0.05, 0.1) is 26.4 Å². The molecular formula is C24H33N7O2S. The van der Waals surface area contributed by atoms with E-state index < -0.39 is 0 Å². The Morgan fingerprint density at radius 3 is 1.91 bits per heavy atom. The van der Waals surface area contributed by atoms with Crippen LogP contribution in [0.3, 0.4) is 0 Å². The van der Waals surface area contributed by atoms with E-state index in [1.165, 1.54) is 24.1 Å². The Morgan fingerprint density at radius 1 is 0.794 bits per heavy atom. The lowest BCUT2D eigenvalue weighted by atomic mass is 10.2. The van der Waals surface area contributed by atoms with Crippen LogP contribution >= 0.6 is 12.2 Å². The monoisotopic (exact) mass is 483 g/mol. The van der Waals surface area contributed by atoms with Crippen molar-refractivity contribution < 1.29 is 9.47 Å². The zero-order valence-corrected chi connectivity index (χ0v) is 20.4. The molecule has 2 aromatic rings. The van der Waals surface area contributed by atoms with Crippen molar-refractivity contribution in [1.82, 2.24) is 15.3 Å². The van der Waals surface area contributed by atoms with E-state index >= 15 is 0 Å². The van der Waals surface area contributed by atoms with Crippen LogP contribution in [0.25, 0.3) is 0 Å². The quantitative estimate of drug-likeness (QED) is 0.597. The molecule has 3 aliphatic heterocycles. The molecule has 3 fully saturated rings. The number of hydrogen-bond donors (Lipinski definition) is 2. The number of morpholine rings is 2. The molecule has 4 heterocycles. The summed E-state index contributed by atoms with van der Waals surface area (Å²) in [4.78, 5) is 16.4. The Kier molecular flexibility index (Phi) is 7.57. The van der Waals surface area contributed by atoms with Crippen LogP contribution in [0, 0.1) is 0 Å². The van der Waals surface area contributed by atoms with Gasteiger partial charge in [-0.15, -0.1) is 0 Å². The van der Waals surface area contributed by atoms with Crippen molar-refractivity contribution in [3.63, 3.8) is 0 Å². The molecule has 0 spiro atoms. The van der Waals surface area contributed by atoms with Crippen molar-refractivity contribution in [2.45, 2.75) is 19.4 Å². The van der Waals surface area contributed by atoms with Gasteiger partial charge in [0.25, 0.3) is 0 Å². The molecule has 1 aromatic carbocycles. The van der Waals surface area contributed by atoms with Crippen molar-refractivity contribution in [2.24, 2.45) is 0 Å². The first-order valence-corrected chi connectivity index (χ1v) is 12.6. The van der Waals surface area contributed by atoms with Gasteiger partial charge < -0.3 is 34.8 Å². The molecular weight excluding hydrogens is 450 g/mol. The summed E-state index contributed by atoms with van der Waals surface area (Å²) in [5.74, 6) is 2.29. The highest BCUT2D eigenvalue weighted by atomic mass is 32.1. The SMILES string of the molecule is S=C(NCc1ccc(N2CCCC2)cc1)Nc1nc(N2CCOCC2)cc(N2CCOCC2)n1. The summed E-state index contributed by atoms with van der Waals surface area (Å²) in [6.07, 6.45) is 2.57. The van der Waals surface area contributed by atoms with E-state index in [-0.39, 0.29) is 0 Å². The first kappa shape index (κ1) is 23.1. The van der Waals surface area contributed by atoms with Gasteiger partial charge in [-0.1, -0.05) is 12.1 Å². The molecule has 34 heavy (non-hydrogen) atoms. The van der Waals surface area contributed by atoms with Crippen molar-refractivity contribution in [3.8, 4) is 0 Å². The molecule has 2 N–H and O–H groups in total. The standard InChI is InChI=1S/C24H33N7O2S/c34-24(25-18-19-3-5-20(6-4-19)29-7-1-2-8-29)28-23-26-21(30-9-13-32-14-10-30)17-22(27-23)31-11-15-33-16-12-31/h3-6,17H,1-2,7-16,18H2,(H2,25,26,27,28,34). The zero-order chi connectivity index (χ0) is 23.2. The maximum atomic E-state index is 5.57. The van der Waals surface area contributed by atoms with E-state index in [9.17, 15) is 0 Å². The van der Waals surface area contributed by atoms with Crippen LogP contribution in [0.5, 0.6) is 0 Å². The van der Waals surface area contributed by atoms with Gasteiger partial charge in [0, 0.05) is 57.6 Å². The van der Waals surface area contributed by atoms with Gasteiger partial charge in [-0.25, -0.2) is 0 Å². The largest absolute Gasteiger partial charge is 0.378 e. The second-order valence-electron chi connectivity index (χ2n) is 8.78. The van der Waals surface area contributed by atoms with E-state index in [0.717, 1.165) is 50.9 Å². The van der Waals surface area contributed by atoms with E-state index in [0.29, 0.717) is 44.0 Å². The predicted octanol–water partition coefficient (Wildman–Crippen LogP) is 2.24. The normalized spacial score (nSPS) is 18.8. The van der Waals surface area contributed by atoms with E-state index in [1.807, 2.05) is 0 Å². The number of hydrogen-bond acceptors (Lipinski definition) is 8. The van der Waals surface area contributed by atoms with Crippen LogP contribution in [0.1, 0.15) is 18.4 Å². The second kappa shape index (κ2) is 11.2. The number of rotatable bonds is 6. The fourth-order valence-corrected chi connectivity index (χ4v) is 4.68. The van der Waals surface area contributed by atoms with Crippen LogP contribution in [0.4, 0.5) is 23.3 Å². The Bertz CT molecular complexity index is 920. The Balaban J connectivity index is 1.23. The Hall–Kier alpha value is -2.69. The zero-order valence-electron chi connectivity index (χ0n) is 19.5. The van der Waals surface area contributed by atoms with Crippen LogP contribution in [0.15, 0.2) is 30.3 Å². The van der Waals surface area contributed by atoms with E-state index in [4.69, 9.17) is 31.7 Å². The number of nitrogens with one attached hydrogen (secondary N) is 2. The highest BCUT2D eigenvalue weighted by molar-refractivity contribution is 7.80. The lowest BCUT2D eigenvalue weighted by Crippen LogP contribution is -2.39. The average molecular weight is 484 g/mol. The molecule has 3 aliphatic rings. The molecule has 0 radical (unpaired) electrons. The molecule has 10 heteroatoms. The maximum Gasteiger partial charge on any atom is 0.232 e. The summed E-state index contributed by atoms with van der Waals surface area (Å²) < 4.78 is 11.0. The van der Waals surface area contributed by atoms with Gasteiger partial charge in [-0.05, 0) is 42.8 Å². The van der Waals surface area contributed by atoms with Crippen molar-refractivity contribution in [3.05, 3.63) is 35.9 Å². The van der Waals surface area contributed by atoms with Crippen molar-refractivity contribution in [1.29, 1.82) is 0 Å². The van der Waals surface area contributed by atoms with Gasteiger partial charge in [0.15, 0.2) is 5.11 Å². The summed E-state index contributed by atoms with van der Waals surface area (Å²) in [7, 11) is 0. The summed E-state index contributed by atoms with van der Waals surface area (Å²) >= 11 is 5.57. The fourth-order valence-electron chi connectivity index (χ4n) is 4.51. The lowest BCUT2D eigenvalue weighted by Gasteiger charge is -2.31. The minimum absolute atomic E-state index is 0.507. The molecule has 1 aromatic heterocycles. The minimum Gasteiger partial charge on any atom is -0.378 e. The van der Waals surface area contributed by atoms with Crippen LogP contribution in [-0.4, -0.2) is 80.8 Å². The van der Waals surface area contributed by atoms with Crippen LogP contribution in [0.2, 0.25) is 0 Å². The highest BCUT2D eigenvalue weighted by Gasteiger charge is 2.19. The third-order valence-electron chi connectivity index (χ3n) is 6.46. The van der Waals surface area contributed by atoms with Gasteiger partial charge in [-0.3, -0.25) is 0 Å².